The number of thioether (sulfide) groups is 1. The van der Waals surface area contributed by atoms with Crippen molar-refractivity contribution in [2.75, 3.05) is 19.1 Å². The molecule has 0 bridgehead atoms. The van der Waals surface area contributed by atoms with Gasteiger partial charge in [-0.05, 0) is 29.2 Å². The molecule has 5 heteroatoms. The van der Waals surface area contributed by atoms with Gasteiger partial charge in [-0.1, -0.05) is 0 Å². The summed E-state index contributed by atoms with van der Waals surface area (Å²) in [5.74, 6) is 1.05. The van der Waals surface area contributed by atoms with Crippen molar-refractivity contribution in [3.05, 3.63) is 16.4 Å². The Morgan fingerprint density at radius 3 is 2.85 bits per heavy atom. The highest BCUT2D eigenvalue weighted by Crippen LogP contribution is 2.24. The molecular formula is C8H14BrN3S. The van der Waals surface area contributed by atoms with E-state index in [0.717, 1.165) is 10.2 Å². The minimum absolute atomic E-state index is 0.358. The molecule has 0 aliphatic carbocycles. The highest BCUT2D eigenvalue weighted by molar-refractivity contribution is 9.10. The summed E-state index contributed by atoms with van der Waals surface area (Å²) in [6.07, 6.45) is 3.94. The third-order valence-electron chi connectivity index (χ3n) is 1.95. The Morgan fingerprint density at radius 1 is 1.77 bits per heavy atom. The molecule has 0 fully saturated rings. The fourth-order valence-corrected chi connectivity index (χ4v) is 2.56. The van der Waals surface area contributed by atoms with Crippen LogP contribution < -0.4 is 5.32 Å². The molecule has 1 aromatic heterocycles. The number of rotatable bonds is 4. The van der Waals surface area contributed by atoms with Crippen LogP contribution in [0.15, 0.2) is 10.7 Å². The zero-order valence-corrected chi connectivity index (χ0v) is 10.4. The monoisotopic (exact) mass is 263 g/mol. The first-order chi connectivity index (χ1) is 6.20. The molecule has 0 aromatic carbocycles. The zero-order chi connectivity index (χ0) is 9.84. The highest BCUT2D eigenvalue weighted by atomic mass is 79.9. The molecule has 0 aliphatic rings. The molecule has 74 valence electrons. The minimum atomic E-state index is 0.358. The molecule has 1 unspecified atom stereocenters. The van der Waals surface area contributed by atoms with Crippen molar-refractivity contribution >= 4 is 27.7 Å². The van der Waals surface area contributed by atoms with Gasteiger partial charge in [-0.3, -0.25) is 4.68 Å². The van der Waals surface area contributed by atoms with Crippen LogP contribution in [0.3, 0.4) is 0 Å². The average molecular weight is 264 g/mol. The number of aromatic nitrogens is 2. The summed E-state index contributed by atoms with van der Waals surface area (Å²) in [7, 11) is 3.94. The Balaban J connectivity index is 2.89. The lowest BCUT2D eigenvalue weighted by Crippen LogP contribution is -2.21. The summed E-state index contributed by atoms with van der Waals surface area (Å²) >= 11 is 5.32. The number of aryl methyl sites for hydroxylation is 1. The van der Waals surface area contributed by atoms with E-state index in [4.69, 9.17) is 0 Å². The van der Waals surface area contributed by atoms with Crippen LogP contribution in [0.4, 0.5) is 0 Å². The second-order valence-electron chi connectivity index (χ2n) is 2.80. The second kappa shape index (κ2) is 5.02. The van der Waals surface area contributed by atoms with Gasteiger partial charge in [-0.25, -0.2) is 0 Å². The lowest BCUT2D eigenvalue weighted by molar-refractivity contribution is 0.584. The van der Waals surface area contributed by atoms with Crippen LogP contribution in [0.2, 0.25) is 0 Å². The molecule has 1 N–H and O–H groups in total. The van der Waals surface area contributed by atoms with E-state index >= 15 is 0 Å². The van der Waals surface area contributed by atoms with E-state index in [-0.39, 0.29) is 0 Å². The third-order valence-corrected chi connectivity index (χ3v) is 3.23. The van der Waals surface area contributed by atoms with Crippen molar-refractivity contribution in [1.82, 2.24) is 15.1 Å². The fraction of sp³-hybridized carbons (Fsp3) is 0.625. The van der Waals surface area contributed by atoms with E-state index in [1.807, 2.05) is 36.7 Å². The molecule has 0 amide bonds. The summed E-state index contributed by atoms with van der Waals surface area (Å²) in [5.41, 5.74) is 1.21. The molecule has 0 saturated heterocycles. The summed E-state index contributed by atoms with van der Waals surface area (Å²) in [6, 6.07) is 0.358. The first kappa shape index (κ1) is 11.1. The van der Waals surface area contributed by atoms with Gasteiger partial charge in [-0.15, -0.1) is 0 Å². The molecule has 1 atom stereocenters. The molecule has 13 heavy (non-hydrogen) atoms. The number of hydrogen-bond donors (Lipinski definition) is 1. The smallest absolute Gasteiger partial charge is 0.0700 e. The van der Waals surface area contributed by atoms with E-state index in [9.17, 15) is 0 Å². The van der Waals surface area contributed by atoms with Gasteiger partial charge >= 0.3 is 0 Å². The van der Waals surface area contributed by atoms with E-state index in [0.29, 0.717) is 6.04 Å². The molecular weight excluding hydrogens is 250 g/mol. The Labute approximate surface area is 91.4 Å². The summed E-state index contributed by atoms with van der Waals surface area (Å²) in [4.78, 5) is 0. The van der Waals surface area contributed by atoms with Crippen molar-refractivity contribution < 1.29 is 0 Å². The Morgan fingerprint density at radius 2 is 2.46 bits per heavy atom. The standard InChI is InChI=1S/C8H14BrN3S/c1-10-7(5-13-3)8-6(9)4-11-12(8)2/h4,7,10H,5H2,1-3H3. The molecule has 1 aromatic rings. The lowest BCUT2D eigenvalue weighted by atomic mass is 10.2. The van der Waals surface area contributed by atoms with Crippen LogP contribution in [0, 0.1) is 0 Å². The van der Waals surface area contributed by atoms with E-state index in [1.54, 1.807) is 0 Å². The largest absolute Gasteiger partial charge is 0.311 e. The Kier molecular flexibility index (Phi) is 4.28. The van der Waals surface area contributed by atoms with Gasteiger partial charge in [0, 0.05) is 12.8 Å². The summed E-state index contributed by atoms with van der Waals surface area (Å²) in [5, 5.41) is 7.46. The average Bonchev–Trinajstić information content (AvgIpc) is 2.43. The van der Waals surface area contributed by atoms with Crippen molar-refractivity contribution in [3.8, 4) is 0 Å². The molecule has 0 radical (unpaired) electrons. The minimum Gasteiger partial charge on any atom is -0.311 e. The number of halogens is 1. The number of hydrogen-bond acceptors (Lipinski definition) is 3. The predicted molar refractivity (Wildman–Crippen MR) is 61.1 cm³/mol. The summed E-state index contributed by atoms with van der Waals surface area (Å²) in [6.45, 7) is 0. The molecule has 3 nitrogen and oxygen atoms in total. The first-order valence-electron chi connectivity index (χ1n) is 4.04. The normalized spacial score (nSPS) is 13.2. The van der Waals surface area contributed by atoms with Crippen molar-refractivity contribution in [2.24, 2.45) is 7.05 Å². The number of nitrogens with zero attached hydrogens (tertiary/aromatic N) is 2. The van der Waals surface area contributed by atoms with Gasteiger partial charge in [0.05, 0.1) is 22.4 Å². The van der Waals surface area contributed by atoms with Crippen molar-refractivity contribution in [1.29, 1.82) is 0 Å². The Bertz CT molecular complexity index is 255. The fourth-order valence-electron chi connectivity index (χ4n) is 1.28. The Hall–Kier alpha value is 0. The van der Waals surface area contributed by atoms with Crippen LogP contribution in [-0.2, 0) is 7.05 Å². The van der Waals surface area contributed by atoms with Gasteiger partial charge in [0.25, 0.3) is 0 Å². The van der Waals surface area contributed by atoms with Crippen molar-refractivity contribution in [3.63, 3.8) is 0 Å². The lowest BCUT2D eigenvalue weighted by Gasteiger charge is -2.15. The predicted octanol–water partition coefficient (Wildman–Crippen LogP) is 1.81. The second-order valence-corrected chi connectivity index (χ2v) is 4.56. The summed E-state index contributed by atoms with van der Waals surface area (Å²) < 4.78 is 2.98. The number of nitrogens with one attached hydrogen (secondary N) is 1. The molecule has 1 heterocycles. The zero-order valence-electron chi connectivity index (χ0n) is 8.04. The quantitative estimate of drug-likeness (QED) is 0.899. The maximum Gasteiger partial charge on any atom is 0.0700 e. The van der Waals surface area contributed by atoms with E-state index < -0.39 is 0 Å². The molecule has 0 saturated carbocycles. The van der Waals surface area contributed by atoms with E-state index in [1.165, 1.54) is 5.69 Å². The van der Waals surface area contributed by atoms with Gasteiger partial charge < -0.3 is 5.32 Å². The maximum absolute atomic E-state index is 4.19. The van der Waals surface area contributed by atoms with Gasteiger partial charge in [0.1, 0.15) is 0 Å². The molecule has 0 spiro atoms. The van der Waals surface area contributed by atoms with Crippen LogP contribution in [-0.4, -0.2) is 28.8 Å². The third kappa shape index (κ3) is 2.48. The highest BCUT2D eigenvalue weighted by Gasteiger charge is 2.15. The topological polar surface area (TPSA) is 29.9 Å². The molecule has 0 aliphatic heterocycles. The van der Waals surface area contributed by atoms with E-state index in [2.05, 4.69) is 32.6 Å². The van der Waals surface area contributed by atoms with Crippen LogP contribution in [0.25, 0.3) is 0 Å². The van der Waals surface area contributed by atoms with Crippen LogP contribution >= 0.6 is 27.7 Å². The van der Waals surface area contributed by atoms with Gasteiger partial charge in [0.15, 0.2) is 0 Å². The molecule has 1 rings (SSSR count). The van der Waals surface area contributed by atoms with Crippen molar-refractivity contribution in [2.45, 2.75) is 6.04 Å². The van der Waals surface area contributed by atoms with Crippen LogP contribution in [0.5, 0.6) is 0 Å². The van der Waals surface area contributed by atoms with Gasteiger partial charge in [-0.2, -0.15) is 16.9 Å². The SMILES string of the molecule is CNC(CSC)c1c(Br)cnn1C. The first-order valence-corrected chi connectivity index (χ1v) is 6.23. The van der Waals surface area contributed by atoms with Crippen LogP contribution in [0.1, 0.15) is 11.7 Å². The maximum atomic E-state index is 4.19. The van der Waals surface area contributed by atoms with Gasteiger partial charge in [0.2, 0.25) is 0 Å².